The molecule has 0 aliphatic carbocycles. The van der Waals surface area contributed by atoms with Crippen LogP contribution < -0.4 is 5.73 Å². The van der Waals surface area contributed by atoms with Gasteiger partial charge in [0.25, 0.3) is 0 Å². The van der Waals surface area contributed by atoms with Crippen LogP contribution in [0.4, 0.5) is 5.82 Å². The number of hydrogen-bond donors (Lipinski definition) is 3. The molecule has 1 fully saturated rings. The van der Waals surface area contributed by atoms with Gasteiger partial charge in [-0.1, -0.05) is 6.92 Å². The zero-order valence-electron chi connectivity index (χ0n) is 11.4. The standard InChI is InChI=1S/C13H18N4O3/c1-7-11(19)9(5-18)20-13(7,2)10-4-3-8-12(14)15-6-16-17(8)10/h3-4,6-7,9,11,18-19H,5H2,1-2H3,(H2,14,15,16). The van der Waals surface area contributed by atoms with E-state index in [9.17, 15) is 10.2 Å². The monoisotopic (exact) mass is 278 g/mol. The molecule has 1 saturated heterocycles. The number of nitrogen functional groups attached to an aromatic ring is 1. The van der Waals surface area contributed by atoms with Gasteiger partial charge in [0.15, 0.2) is 5.82 Å². The highest BCUT2D eigenvalue weighted by atomic mass is 16.5. The highest BCUT2D eigenvalue weighted by Crippen LogP contribution is 2.44. The van der Waals surface area contributed by atoms with Gasteiger partial charge >= 0.3 is 0 Å². The first kappa shape index (κ1) is 13.3. The van der Waals surface area contributed by atoms with E-state index >= 15 is 0 Å². The summed E-state index contributed by atoms with van der Waals surface area (Å²) in [7, 11) is 0. The molecule has 20 heavy (non-hydrogen) atoms. The number of fused-ring (bicyclic) bond motifs is 1. The molecule has 2 aromatic heterocycles. The minimum Gasteiger partial charge on any atom is -0.394 e. The number of rotatable bonds is 2. The molecule has 0 spiro atoms. The van der Waals surface area contributed by atoms with Crippen LogP contribution in [0.15, 0.2) is 18.5 Å². The fourth-order valence-electron chi connectivity index (χ4n) is 2.91. The molecule has 4 unspecified atom stereocenters. The fourth-order valence-corrected chi connectivity index (χ4v) is 2.91. The summed E-state index contributed by atoms with van der Waals surface area (Å²) in [6.45, 7) is 3.56. The van der Waals surface area contributed by atoms with Crippen molar-refractivity contribution < 1.29 is 14.9 Å². The first-order valence-electron chi connectivity index (χ1n) is 6.54. The lowest BCUT2D eigenvalue weighted by molar-refractivity contribution is -0.0745. The van der Waals surface area contributed by atoms with E-state index in [1.54, 1.807) is 4.52 Å². The summed E-state index contributed by atoms with van der Waals surface area (Å²) in [6, 6.07) is 3.69. The lowest BCUT2D eigenvalue weighted by Crippen LogP contribution is -2.32. The van der Waals surface area contributed by atoms with Gasteiger partial charge in [-0.3, -0.25) is 0 Å². The van der Waals surface area contributed by atoms with Gasteiger partial charge in [0.1, 0.15) is 23.5 Å². The summed E-state index contributed by atoms with van der Waals surface area (Å²) in [5.41, 5.74) is 6.55. The smallest absolute Gasteiger partial charge is 0.151 e. The number of aromatic nitrogens is 3. The zero-order chi connectivity index (χ0) is 14.5. The Morgan fingerprint density at radius 2 is 2.25 bits per heavy atom. The van der Waals surface area contributed by atoms with Crippen molar-refractivity contribution in [2.24, 2.45) is 5.92 Å². The Balaban J connectivity index is 2.13. The summed E-state index contributed by atoms with van der Waals surface area (Å²) in [4.78, 5) is 3.95. The number of aliphatic hydroxyl groups is 2. The van der Waals surface area contributed by atoms with Crippen LogP contribution in [-0.2, 0) is 10.3 Å². The van der Waals surface area contributed by atoms with Crippen molar-refractivity contribution in [2.45, 2.75) is 31.7 Å². The van der Waals surface area contributed by atoms with Crippen LogP contribution >= 0.6 is 0 Å². The Bertz CT molecular complexity index is 644. The minimum absolute atomic E-state index is 0.186. The van der Waals surface area contributed by atoms with E-state index in [-0.39, 0.29) is 12.5 Å². The first-order valence-corrected chi connectivity index (χ1v) is 6.54. The predicted molar refractivity (Wildman–Crippen MR) is 71.9 cm³/mol. The highest BCUT2D eigenvalue weighted by Gasteiger charge is 2.51. The lowest BCUT2D eigenvalue weighted by Gasteiger charge is -2.28. The molecule has 0 aromatic carbocycles. The van der Waals surface area contributed by atoms with Crippen LogP contribution in [-0.4, -0.2) is 43.6 Å². The Kier molecular flexibility index (Phi) is 2.93. The summed E-state index contributed by atoms with van der Waals surface area (Å²) in [5.74, 6) is 0.202. The van der Waals surface area contributed by atoms with Crippen LogP contribution in [0, 0.1) is 5.92 Å². The quantitative estimate of drug-likeness (QED) is 0.709. The third kappa shape index (κ3) is 1.64. The second-order valence-electron chi connectivity index (χ2n) is 5.39. The molecule has 0 bridgehead atoms. The lowest BCUT2D eigenvalue weighted by atomic mass is 9.85. The Morgan fingerprint density at radius 1 is 1.50 bits per heavy atom. The van der Waals surface area contributed by atoms with Crippen molar-refractivity contribution in [3.63, 3.8) is 0 Å². The average Bonchev–Trinajstić information content (AvgIpc) is 2.96. The summed E-state index contributed by atoms with van der Waals surface area (Å²) in [6.07, 6.45) is 0.0591. The first-order chi connectivity index (χ1) is 9.49. The van der Waals surface area contributed by atoms with Crippen LogP contribution in [0.3, 0.4) is 0 Å². The molecule has 7 nitrogen and oxygen atoms in total. The Labute approximate surface area is 116 Å². The molecular formula is C13H18N4O3. The maximum absolute atomic E-state index is 10.2. The van der Waals surface area contributed by atoms with Crippen molar-refractivity contribution in [3.8, 4) is 0 Å². The average molecular weight is 278 g/mol. The van der Waals surface area contributed by atoms with Crippen molar-refractivity contribution in [2.75, 3.05) is 12.3 Å². The molecule has 0 saturated carbocycles. The number of nitrogens with zero attached hydrogens (tertiary/aromatic N) is 3. The summed E-state index contributed by atoms with van der Waals surface area (Å²) in [5, 5.41) is 23.7. The zero-order valence-corrected chi connectivity index (χ0v) is 11.4. The largest absolute Gasteiger partial charge is 0.394 e. The fraction of sp³-hybridized carbons (Fsp3) is 0.538. The molecule has 3 rings (SSSR count). The van der Waals surface area contributed by atoms with Gasteiger partial charge in [0.05, 0.1) is 18.4 Å². The van der Waals surface area contributed by atoms with E-state index in [0.29, 0.717) is 11.3 Å². The van der Waals surface area contributed by atoms with Gasteiger partial charge in [0, 0.05) is 5.92 Å². The maximum Gasteiger partial charge on any atom is 0.151 e. The third-order valence-corrected chi connectivity index (χ3v) is 4.33. The number of hydrogen-bond acceptors (Lipinski definition) is 6. The van der Waals surface area contributed by atoms with E-state index in [2.05, 4.69) is 10.1 Å². The van der Waals surface area contributed by atoms with Crippen molar-refractivity contribution in [3.05, 3.63) is 24.2 Å². The van der Waals surface area contributed by atoms with Gasteiger partial charge in [-0.05, 0) is 19.1 Å². The molecule has 0 amide bonds. The molecule has 3 heterocycles. The number of ether oxygens (including phenoxy) is 1. The van der Waals surface area contributed by atoms with Gasteiger partial charge in [-0.15, -0.1) is 0 Å². The van der Waals surface area contributed by atoms with E-state index < -0.39 is 17.8 Å². The molecule has 1 aliphatic heterocycles. The molecule has 0 radical (unpaired) electrons. The van der Waals surface area contributed by atoms with Gasteiger partial charge < -0.3 is 20.7 Å². The van der Waals surface area contributed by atoms with E-state index in [1.807, 2.05) is 26.0 Å². The molecule has 1 aliphatic rings. The molecule has 7 heteroatoms. The van der Waals surface area contributed by atoms with Crippen molar-refractivity contribution >= 4 is 11.3 Å². The SMILES string of the molecule is CC1C(O)C(CO)OC1(C)c1ccc2c(N)ncnn12. The van der Waals surface area contributed by atoms with Crippen molar-refractivity contribution in [1.82, 2.24) is 14.6 Å². The predicted octanol–water partition coefficient (Wildman–Crippen LogP) is -0.0852. The van der Waals surface area contributed by atoms with Crippen LogP contribution in [0.5, 0.6) is 0 Å². The van der Waals surface area contributed by atoms with E-state index in [4.69, 9.17) is 10.5 Å². The van der Waals surface area contributed by atoms with Gasteiger partial charge in [-0.25, -0.2) is 9.50 Å². The Hall–Kier alpha value is -1.70. The van der Waals surface area contributed by atoms with Crippen LogP contribution in [0.2, 0.25) is 0 Å². The van der Waals surface area contributed by atoms with E-state index in [0.717, 1.165) is 5.69 Å². The van der Waals surface area contributed by atoms with Crippen LogP contribution in [0.25, 0.3) is 5.52 Å². The molecule has 4 atom stereocenters. The van der Waals surface area contributed by atoms with Gasteiger partial charge in [-0.2, -0.15) is 5.10 Å². The highest BCUT2D eigenvalue weighted by molar-refractivity contribution is 5.65. The second kappa shape index (κ2) is 4.41. The summed E-state index contributed by atoms with van der Waals surface area (Å²) >= 11 is 0. The topological polar surface area (TPSA) is 106 Å². The molecule has 2 aromatic rings. The van der Waals surface area contributed by atoms with Crippen molar-refractivity contribution in [1.29, 1.82) is 0 Å². The minimum atomic E-state index is -0.750. The molecular weight excluding hydrogens is 260 g/mol. The number of anilines is 1. The molecule has 4 N–H and O–H groups in total. The summed E-state index contributed by atoms with van der Waals surface area (Å²) < 4.78 is 7.56. The third-order valence-electron chi connectivity index (χ3n) is 4.33. The molecule has 108 valence electrons. The van der Waals surface area contributed by atoms with Gasteiger partial charge in [0.2, 0.25) is 0 Å². The Morgan fingerprint density at radius 3 is 2.90 bits per heavy atom. The van der Waals surface area contributed by atoms with Crippen LogP contribution in [0.1, 0.15) is 19.5 Å². The second-order valence-corrected chi connectivity index (χ2v) is 5.39. The number of aliphatic hydroxyl groups excluding tert-OH is 2. The number of nitrogens with two attached hydrogens (primary N) is 1. The normalized spacial score (nSPS) is 33.9. The van der Waals surface area contributed by atoms with E-state index in [1.165, 1.54) is 6.33 Å². The maximum atomic E-state index is 10.2.